The van der Waals surface area contributed by atoms with Crippen molar-refractivity contribution in [2.45, 2.75) is 19.8 Å². The van der Waals surface area contributed by atoms with Crippen LogP contribution in [0, 0.1) is 21.3 Å². The van der Waals surface area contributed by atoms with E-state index < -0.39 is 22.3 Å². The Kier molecular flexibility index (Phi) is 6.25. The first-order valence-electron chi connectivity index (χ1n) is 6.84. The number of carbonyl (C=O) groups is 1. The Morgan fingerprint density at radius 3 is 2.68 bits per heavy atom. The van der Waals surface area contributed by atoms with Gasteiger partial charge in [0.15, 0.2) is 0 Å². The van der Waals surface area contributed by atoms with E-state index in [0.29, 0.717) is 6.54 Å². The summed E-state index contributed by atoms with van der Waals surface area (Å²) in [6, 6.07) is 2.96. The first kappa shape index (κ1) is 18.3. The van der Waals surface area contributed by atoms with Gasteiger partial charge in [-0.2, -0.15) is 0 Å². The first-order chi connectivity index (χ1) is 9.91. The van der Waals surface area contributed by atoms with Crippen molar-refractivity contribution in [3.05, 3.63) is 39.7 Å². The van der Waals surface area contributed by atoms with E-state index in [4.69, 9.17) is 0 Å². The number of piperidine rings is 1. The molecule has 0 aliphatic carbocycles. The number of hydrogen-bond donors (Lipinski definition) is 2. The van der Waals surface area contributed by atoms with Crippen molar-refractivity contribution >= 4 is 24.0 Å². The minimum atomic E-state index is -0.746. The molecule has 8 heteroatoms. The second-order valence-corrected chi connectivity index (χ2v) is 5.66. The molecule has 1 aliphatic rings. The lowest BCUT2D eigenvalue weighted by Crippen LogP contribution is -2.43. The number of halogens is 2. The van der Waals surface area contributed by atoms with Gasteiger partial charge in [-0.05, 0) is 43.5 Å². The fourth-order valence-electron chi connectivity index (χ4n) is 2.44. The number of amides is 1. The van der Waals surface area contributed by atoms with Gasteiger partial charge in [-0.15, -0.1) is 12.4 Å². The van der Waals surface area contributed by atoms with Gasteiger partial charge >= 0.3 is 0 Å². The predicted octanol–water partition coefficient (Wildman–Crippen LogP) is 2.28. The van der Waals surface area contributed by atoms with E-state index in [-0.39, 0.29) is 23.4 Å². The van der Waals surface area contributed by atoms with Gasteiger partial charge in [-0.3, -0.25) is 14.9 Å². The minimum Gasteiger partial charge on any atom is -0.351 e. The molecule has 1 amide bonds. The van der Waals surface area contributed by atoms with Crippen molar-refractivity contribution in [2.24, 2.45) is 5.41 Å². The third kappa shape index (κ3) is 4.38. The maximum Gasteiger partial charge on any atom is 0.285 e. The lowest BCUT2D eigenvalue weighted by Gasteiger charge is -2.34. The second-order valence-electron chi connectivity index (χ2n) is 5.66. The Balaban J connectivity index is 0.00000242. The molecule has 1 heterocycles. The molecular weight excluding hydrogens is 313 g/mol. The fourth-order valence-corrected chi connectivity index (χ4v) is 2.44. The Morgan fingerprint density at radius 2 is 2.09 bits per heavy atom. The SMILES string of the molecule is CC1(CNC(=O)c2ccc(F)cc2[N+](=O)[O-])CCNCC1.Cl. The van der Waals surface area contributed by atoms with E-state index in [0.717, 1.165) is 44.1 Å². The van der Waals surface area contributed by atoms with Crippen molar-refractivity contribution in [1.29, 1.82) is 0 Å². The van der Waals surface area contributed by atoms with Crippen molar-refractivity contribution in [3.8, 4) is 0 Å². The van der Waals surface area contributed by atoms with E-state index >= 15 is 0 Å². The normalized spacial score (nSPS) is 16.5. The molecule has 2 rings (SSSR count). The molecule has 0 bridgehead atoms. The van der Waals surface area contributed by atoms with E-state index in [1.165, 1.54) is 0 Å². The van der Waals surface area contributed by atoms with Crippen molar-refractivity contribution in [1.82, 2.24) is 10.6 Å². The topological polar surface area (TPSA) is 84.3 Å². The van der Waals surface area contributed by atoms with Crippen molar-refractivity contribution in [3.63, 3.8) is 0 Å². The van der Waals surface area contributed by atoms with Crippen LogP contribution < -0.4 is 10.6 Å². The zero-order valence-corrected chi connectivity index (χ0v) is 13.0. The zero-order chi connectivity index (χ0) is 15.5. The number of hydrogen-bond acceptors (Lipinski definition) is 4. The van der Waals surface area contributed by atoms with Gasteiger partial charge in [0.05, 0.1) is 11.0 Å². The molecule has 1 aromatic rings. The molecule has 6 nitrogen and oxygen atoms in total. The summed E-state index contributed by atoms with van der Waals surface area (Å²) in [6.45, 7) is 4.31. The summed E-state index contributed by atoms with van der Waals surface area (Å²) in [5.41, 5.74) is -0.641. The van der Waals surface area contributed by atoms with Gasteiger partial charge in [0.2, 0.25) is 0 Å². The average Bonchev–Trinajstić information content (AvgIpc) is 2.45. The fraction of sp³-hybridized carbons (Fsp3) is 0.500. The molecule has 122 valence electrons. The van der Waals surface area contributed by atoms with Crippen LogP contribution in [0.1, 0.15) is 30.1 Å². The molecule has 2 N–H and O–H groups in total. The van der Waals surface area contributed by atoms with E-state index in [2.05, 4.69) is 17.6 Å². The predicted molar refractivity (Wildman–Crippen MR) is 82.8 cm³/mol. The smallest absolute Gasteiger partial charge is 0.285 e. The van der Waals surface area contributed by atoms with Crippen molar-refractivity contribution in [2.75, 3.05) is 19.6 Å². The van der Waals surface area contributed by atoms with Crippen LogP contribution in [0.2, 0.25) is 0 Å². The summed E-state index contributed by atoms with van der Waals surface area (Å²) in [6.07, 6.45) is 1.86. The van der Waals surface area contributed by atoms with Gasteiger partial charge < -0.3 is 10.6 Å². The number of nitro groups is 1. The minimum absolute atomic E-state index is 0. The third-order valence-corrected chi connectivity index (χ3v) is 3.89. The molecule has 1 aliphatic heterocycles. The van der Waals surface area contributed by atoms with Crippen LogP contribution >= 0.6 is 12.4 Å². The number of rotatable bonds is 4. The average molecular weight is 332 g/mol. The highest BCUT2D eigenvalue weighted by Crippen LogP contribution is 2.27. The number of nitro benzene ring substituents is 1. The summed E-state index contributed by atoms with van der Waals surface area (Å²) in [4.78, 5) is 22.3. The van der Waals surface area contributed by atoms with E-state index in [9.17, 15) is 19.3 Å². The Hall–Kier alpha value is -1.73. The maximum atomic E-state index is 13.1. The largest absolute Gasteiger partial charge is 0.351 e. The second kappa shape index (κ2) is 7.51. The quantitative estimate of drug-likeness (QED) is 0.655. The molecule has 0 saturated carbocycles. The van der Waals surface area contributed by atoms with Crippen LogP contribution in [0.15, 0.2) is 18.2 Å². The van der Waals surface area contributed by atoms with Crippen LogP contribution in [0.25, 0.3) is 0 Å². The zero-order valence-electron chi connectivity index (χ0n) is 12.2. The number of carbonyl (C=O) groups excluding carboxylic acids is 1. The Labute approximate surface area is 134 Å². The summed E-state index contributed by atoms with van der Waals surface area (Å²) in [7, 11) is 0. The molecular formula is C14H19ClFN3O3. The molecule has 0 spiro atoms. The molecule has 1 saturated heterocycles. The van der Waals surface area contributed by atoms with E-state index in [1.54, 1.807) is 0 Å². The molecule has 0 aromatic heterocycles. The first-order valence-corrected chi connectivity index (χ1v) is 6.84. The highest BCUT2D eigenvalue weighted by atomic mass is 35.5. The third-order valence-electron chi connectivity index (χ3n) is 3.89. The summed E-state index contributed by atoms with van der Waals surface area (Å²) in [5.74, 6) is -1.27. The summed E-state index contributed by atoms with van der Waals surface area (Å²) >= 11 is 0. The Morgan fingerprint density at radius 1 is 1.45 bits per heavy atom. The lowest BCUT2D eigenvalue weighted by molar-refractivity contribution is -0.385. The molecule has 1 aromatic carbocycles. The van der Waals surface area contributed by atoms with Gasteiger partial charge in [0.25, 0.3) is 11.6 Å². The van der Waals surface area contributed by atoms with Crippen LogP contribution in [-0.4, -0.2) is 30.5 Å². The van der Waals surface area contributed by atoms with Gasteiger partial charge in [0, 0.05) is 6.54 Å². The molecule has 22 heavy (non-hydrogen) atoms. The van der Waals surface area contributed by atoms with Crippen molar-refractivity contribution < 1.29 is 14.1 Å². The van der Waals surface area contributed by atoms with Gasteiger partial charge in [0.1, 0.15) is 11.4 Å². The maximum absolute atomic E-state index is 13.1. The molecule has 1 fully saturated rings. The molecule has 0 atom stereocenters. The monoisotopic (exact) mass is 331 g/mol. The molecule has 0 unspecified atom stereocenters. The molecule has 0 radical (unpaired) electrons. The number of nitrogens with zero attached hydrogens (tertiary/aromatic N) is 1. The number of benzene rings is 1. The van der Waals surface area contributed by atoms with Crippen LogP contribution in [-0.2, 0) is 0 Å². The standard InChI is InChI=1S/C14H18FN3O3.ClH/c1-14(4-6-16-7-5-14)9-17-13(19)11-3-2-10(15)8-12(11)18(20)21;/h2-3,8,16H,4-7,9H2,1H3,(H,17,19);1H. The van der Waals surface area contributed by atoms with Crippen LogP contribution in [0.5, 0.6) is 0 Å². The summed E-state index contributed by atoms with van der Waals surface area (Å²) in [5, 5.41) is 16.9. The number of nitrogens with one attached hydrogen (secondary N) is 2. The van der Waals surface area contributed by atoms with Crippen LogP contribution in [0.4, 0.5) is 10.1 Å². The highest BCUT2D eigenvalue weighted by molar-refractivity contribution is 5.98. The van der Waals surface area contributed by atoms with Crippen LogP contribution in [0.3, 0.4) is 0 Å². The lowest BCUT2D eigenvalue weighted by atomic mass is 9.81. The van der Waals surface area contributed by atoms with Gasteiger partial charge in [-0.25, -0.2) is 4.39 Å². The Bertz CT molecular complexity index is 562. The summed E-state index contributed by atoms with van der Waals surface area (Å²) < 4.78 is 13.1. The van der Waals surface area contributed by atoms with E-state index in [1.807, 2.05) is 0 Å². The highest BCUT2D eigenvalue weighted by Gasteiger charge is 2.28. The van der Waals surface area contributed by atoms with Gasteiger partial charge in [-0.1, -0.05) is 6.92 Å².